The molecule has 0 N–H and O–H groups in total. The summed E-state index contributed by atoms with van der Waals surface area (Å²) in [6, 6.07) is 11.1. The number of hydrogen-bond acceptors (Lipinski definition) is 2. The number of allylic oxidation sites excluding steroid dienone is 1. The van der Waals surface area contributed by atoms with E-state index in [4.69, 9.17) is 0 Å². The Hall–Kier alpha value is -0.836. The first-order valence-electron chi connectivity index (χ1n) is 10.3. The maximum absolute atomic E-state index is 2.57. The van der Waals surface area contributed by atoms with Crippen LogP contribution in [-0.4, -0.2) is 46.1 Å². The van der Waals surface area contributed by atoms with Crippen LogP contribution in [0.25, 0.3) is 3.59 Å². The Morgan fingerprint density at radius 3 is 1.63 bits per heavy atom. The summed E-state index contributed by atoms with van der Waals surface area (Å²) in [4.78, 5) is 12.8. The van der Waals surface area contributed by atoms with E-state index in [1.165, 1.54) is 5.56 Å². The number of rotatable bonds is 4. The molecule has 148 valence electrons. The molecular formula is C23H39BN2Sn. The molecular weight excluding hydrogens is 434 g/mol. The van der Waals surface area contributed by atoms with Crippen LogP contribution in [0.3, 0.4) is 0 Å². The average Bonchev–Trinajstić information content (AvgIpc) is 2.97. The van der Waals surface area contributed by atoms with Crippen molar-refractivity contribution in [2.45, 2.75) is 80.8 Å². The topological polar surface area (TPSA) is 6.48 Å². The van der Waals surface area contributed by atoms with Crippen molar-refractivity contribution in [3.8, 4) is 0 Å². The van der Waals surface area contributed by atoms with Crippen LogP contribution in [0.4, 0.5) is 0 Å². The molecule has 2 rings (SSSR count). The second-order valence-electron chi connectivity index (χ2n) is 10.7. The summed E-state index contributed by atoms with van der Waals surface area (Å²) in [5.74, 6) is 0. The SMILES string of the molecule is CC/C(B1N(C(C)(C)C)C=CN1C(C)(C)C)=[C](\c1ccccc1)[Sn]([CH3])([CH3])[CH3]. The minimum atomic E-state index is -2.39. The van der Waals surface area contributed by atoms with Gasteiger partial charge >= 0.3 is 173 Å². The molecule has 0 amide bonds. The van der Waals surface area contributed by atoms with E-state index in [-0.39, 0.29) is 11.1 Å². The van der Waals surface area contributed by atoms with Crippen molar-refractivity contribution in [3.05, 3.63) is 53.8 Å². The zero-order chi connectivity index (χ0) is 20.6. The quantitative estimate of drug-likeness (QED) is 0.465. The molecule has 1 aromatic rings. The van der Waals surface area contributed by atoms with Crippen LogP contribution in [0.15, 0.2) is 48.2 Å². The van der Waals surface area contributed by atoms with Gasteiger partial charge in [-0.25, -0.2) is 0 Å². The van der Waals surface area contributed by atoms with Crippen molar-refractivity contribution in [1.82, 2.24) is 9.62 Å². The third-order valence-corrected chi connectivity index (χ3v) is 11.3. The van der Waals surface area contributed by atoms with Gasteiger partial charge in [0.25, 0.3) is 0 Å². The summed E-state index contributed by atoms with van der Waals surface area (Å²) in [7, 11) is 0. The van der Waals surface area contributed by atoms with Gasteiger partial charge in [0, 0.05) is 0 Å². The second-order valence-corrected chi connectivity index (χ2v) is 25.0. The van der Waals surface area contributed by atoms with Crippen molar-refractivity contribution in [1.29, 1.82) is 0 Å². The van der Waals surface area contributed by atoms with E-state index < -0.39 is 18.4 Å². The molecule has 1 heterocycles. The van der Waals surface area contributed by atoms with Crippen LogP contribution in [0.2, 0.25) is 14.8 Å². The molecule has 1 aromatic carbocycles. The van der Waals surface area contributed by atoms with Gasteiger partial charge < -0.3 is 0 Å². The van der Waals surface area contributed by atoms with Crippen molar-refractivity contribution in [2.24, 2.45) is 0 Å². The Bertz CT molecular complexity index is 679. The van der Waals surface area contributed by atoms with Crippen LogP contribution in [0, 0.1) is 0 Å². The van der Waals surface area contributed by atoms with Gasteiger partial charge in [-0.05, 0) is 0 Å². The van der Waals surface area contributed by atoms with Gasteiger partial charge in [-0.2, -0.15) is 0 Å². The molecule has 0 saturated carbocycles. The number of nitrogens with zero attached hydrogens (tertiary/aromatic N) is 2. The van der Waals surface area contributed by atoms with Crippen molar-refractivity contribution in [2.75, 3.05) is 0 Å². The summed E-state index contributed by atoms with van der Waals surface area (Å²) in [5.41, 5.74) is 3.21. The van der Waals surface area contributed by atoms with Crippen LogP contribution in [0.5, 0.6) is 0 Å². The first kappa shape index (κ1) is 22.5. The van der Waals surface area contributed by atoms with E-state index in [2.05, 4.69) is 116 Å². The number of benzene rings is 1. The minimum absolute atomic E-state index is 0.0801. The van der Waals surface area contributed by atoms with Crippen molar-refractivity contribution < 1.29 is 0 Å². The van der Waals surface area contributed by atoms with E-state index in [0.717, 1.165) is 6.42 Å². The van der Waals surface area contributed by atoms with Gasteiger partial charge in [-0.3, -0.25) is 0 Å². The Morgan fingerprint density at radius 1 is 0.852 bits per heavy atom. The fourth-order valence-corrected chi connectivity index (χ4v) is 10.7. The standard InChI is InChI=1S/C20H30BN2.3CH3.Sn/c1-8-18(16-17-12-10-9-11-13-17)21-22(19(2,3)4)14-15-23(21)20(5,6)7;;;;/h9-15H,8H2,1-7H3;3*1H3;. The fraction of sp³-hybridized carbons (Fsp3) is 0.565. The Balaban J connectivity index is 2.76. The van der Waals surface area contributed by atoms with E-state index in [1.807, 2.05) is 0 Å². The van der Waals surface area contributed by atoms with Gasteiger partial charge in [0.15, 0.2) is 0 Å². The molecule has 0 spiro atoms. The molecule has 0 fully saturated rings. The molecule has 0 radical (unpaired) electrons. The predicted molar refractivity (Wildman–Crippen MR) is 125 cm³/mol. The van der Waals surface area contributed by atoms with Gasteiger partial charge in [0.1, 0.15) is 0 Å². The predicted octanol–water partition coefficient (Wildman–Crippen LogP) is 6.44. The molecule has 0 saturated heterocycles. The summed E-state index contributed by atoms with van der Waals surface area (Å²) in [6.45, 7) is 16.6. The molecule has 0 bridgehead atoms. The van der Waals surface area contributed by atoms with Crippen LogP contribution in [0.1, 0.15) is 60.5 Å². The van der Waals surface area contributed by atoms with E-state index >= 15 is 0 Å². The van der Waals surface area contributed by atoms with Gasteiger partial charge in [0.2, 0.25) is 0 Å². The molecule has 0 aliphatic carbocycles. The molecule has 1 aliphatic rings. The Labute approximate surface area is 172 Å². The molecule has 27 heavy (non-hydrogen) atoms. The maximum atomic E-state index is 2.57. The summed E-state index contributed by atoms with van der Waals surface area (Å²) in [6.07, 6.45) is 5.71. The zero-order valence-corrected chi connectivity index (χ0v) is 22.1. The molecule has 4 heteroatoms. The average molecular weight is 473 g/mol. The summed E-state index contributed by atoms with van der Waals surface area (Å²) in [5, 5.41) is 0. The molecule has 0 unspecified atom stereocenters. The van der Waals surface area contributed by atoms with E-state index in [1.54, 1.807) is 9.06 Å². The van der Waals surface area contributed by atoms with E-state index in [0.29, 0.717) is 6.98 Å². The van der Waals surface area contributed by atoms with E-state index in [9.17, 15) is 0 Å². The molecule has 2 nitrogen and oxygen atoms in total. The third kappa shape index (κ3) is 4.96. The summed E-state index contributed by atoms with van der Waals surface area (Å²) < 4.78 is 1.68. The molecule has 0 atom stereocenters. The fourth-order valence-electron chi connectivity index (χ4n) is 4.15. The van der Waals surface area contributed by atoms with Crippen LogP contribution in [-0.2, 0) is 0 Å². The van der Waals surface area contributed by atoms with Crippen LogP contribution < -0.4 is 0 Å². The Kier molecular flexibility index (Phi) is 6.56. The second kappa shape index (κ2) is 7.89. The summed E-state index contributed by atoms with van der Waals surface area (Å²) >= 11 is -2.39. The zero-order valence-electron chi connectivity index (χ0n) is 19.2. The van der Waals surface area contributed by atoms with Gasteiger partial charge in [0.05, 0.1) is 0 Å². The van der Waals surface area contributed by atoms with Crippen molar-refractivity contribution in [3.63, 3.8) is 0 Å². The van der Waals surface area contributed by atoms with Gasteiger partial charge in [-0.1, -0.05) is 0 Å². The molecule has 0 aromatic heterocycles. The van der Waals surface area contributed by atoms with Crippen LogP contribution >= 0.6 is 0 Å². The Morgan fingerprint density at radius 2 is 1.30 bits per heavy atom. The van der Waals surface area contributed by atoms with Crippen molar-refractivity contribution >= 4 is 28.9 Å². The first-order valence-corrected chi connectivity index (χ1v) is 20.3. The monoisotopic (exact) mass is 474 g/mol. The molecule has 1 aliphatic heterocycles. The normalized spacial score (nSPS) is 16.9. The van der Waals surface area contributed by atoms with Gasteiger partial charge in [-0.15, -0.1) is 0 Å². The third-order valence-electron chi connectivity index (χ3n) is 5.29. The number of hydrogen-bond donors (Lipinski definition) is 0. The first-order chi connectivity index (χ1) is 12.3.